The summed E-state index contributed by atoms with van der Waals surface area (Å²) in [6, 6.07) is 10.9. The van der Waals surface area contributed by atoms with Gasteiger partial charge in [-0.05, 0) is 67.9 Å². The van der Waals surface area contributed by atoms with Crippen molar-refractivity contribution in [1.29, 1.82) is 0 Å². The van der Waals surface area contributed by atoms with Crippen LogP contribution in [0.15, 0.2) is 42.5 Å². The summed E-state index contributed by atoms with van der Waals surface area (Å²) in [7, 11) is 1.66. The molecule has 3 rings (SSSR count). The first-order valence-corrected chi connectivity index (χ1v) is 9.40. The maximum atomic E-state index is 12.6. The molecule has 1 fully saturated rings. The summed E-state index contributed by atoms with van der Waals surface area (Å²) in [5.74, 6) is 0.738. The molecule has 0 aliphatic carbocycles. The Hall–Kier alpha value is -1.81. The van der Waals surface area contributed by atoms with E-state index in [9.17, 15) is 4.79 Å². The second-order valence-corrected chi connectivity index (χ2v) is 7.14. The molecule has 5 heteroatoms. The number of ketones is 1. The molecule has 1 heterocycles. The molecule has 0 atom stereocenters. The molecule has 0 saturated carbocycles. The van der Waals surface area contributed by atoms with Crippen molar-refractivity contribution < 1.29 is 9.53 Å². The van der Waals surface area contributed by atoms with Gasteiger partial charge in [-0.25, -0.2) is 0 Å². The third-order valence-corrected chi connectivity index (χ3v) is 5.39. The van der Waals surface area contributed by atoms with Gasteiger partial charge >= 0.3 is 0 Å². The number of likely N-dealkylation sites (tertiary alicyclic amines) is 1. The number of carbonyl (C=O) groups excluding carboxylic acids is 1. The summed E-state index contributed by atoms with van der Waals surface area (Å²) in [4.78, 5) is 15.0. The Morgan fingerprint density at radius 2 is 1.96 bits per heavy atom. The normalized spacial score (nSPS) is 14.9. The van der Waals surface area contributed by atoms with Crippen LogP contribution < -0.4 is 4.74 Å². The molecule has 1 aliphatic rings. The van der Waals surface area contributed by atoms with Crippen molar-refractivity contribution >= 4 is 35.1 Å². The van der Waals surface area contributed by atoms with E-state index in [4.69, 9.17) is 27.9 Å². The number of carbonyl (C=O) groups is 1. The highest BCUT2D eigenvalue weighted by Crippen LogP contribution is 2.27. The van der Waals surface area contributed by atoms with Gasteiger partial charge in [0.2, 0.25) is 0 Å². The molecular formula is C21H21Cl2NO2. The highest BCUT2D eigenvalue weighted by molar-refractivity contribution is 6.42. The summed E-state index contributed by atoms with van der Waals surface area (Å²) in [5.41, 5.74) is 2.39. The number of hydrogen-bond donors (Lipinski definition) is 0. The summed E-state index contributed by atoms with van der Waals surface area (Å²) in [6.07, 6.45) is 5.67. The van der Waals surface area contributed by atoms with Crippen molar-refractivity contribution in [2.75, 3.05) is 20.2 Å². The fourth-order valence-electron chi connectivity index (χ4n) is 3.15. The van der Waals surface area contributed by atoms with Gasteiger partial charge in [-0.15, -0.1) is 0 Å². The van der Waals surface area contributed by atoms with E-state index in [0.717, 1.165) is 36.5 Å². The van der Waals surface area contributed by atoms with Crippen LogP contribution in [0.2, 0.25) is 10.0 Å². The number of hydrogen-bond acceptors (Lipinski definition) is 3. The average molecular weight is 390 g/mol. The number of rotatable bonds is 6. The molecule has 0 radical (unpaired) electrons. The molecule has 0 amide bonds. The lowest BCUT2D eigenvalue weighted by Gasteiger charge is -2.17. The Bertz CT molecular complexity index is 827. The molecule has 0 aromatic heterocycles. The van der Waals surface area contributed by atoms with Gasteiger partial charge in [-0.3, -0.25) is 9.69 Å². The second-order valence-electron chi connectivity index (χ2n) is 6.35. The number of methoxy groups -OCH3 is 1. The fraction of sp³-hybridized carbons (Fsp3) is 0.286. The molecule has 2 aromatic carbocycles. The minimum atomic E-state index is -0.0774. The minimum absolute atomic E-state index is 0.0774. The first kappa shape index (κ1) is 19.0. The van der Waals surface area contributed by atoms with Gasteiger partial charge in [0.15, 0.2) is 5.78 Å². The zero-order valence-electron chi connectivity index (χ0n) is 14.7. The van der Waals surface area contributed by atoms with Crippen LogP contribution in [0.3, 0.4) is 0 Å². The third-order valence-electron chi connectivity index (χ3n) is 4.55. The highest BCUT2D eigenvalue weighted by Gasteiger charge is 2.15. The van der Waals surface area contributed by atoms with E-state index in [0.29, 0.717) is 15.6 Å². The van der Waals surface area contributed by atoms with E-state index in [1.807, 2.05) is 18.2 Å². The van der Waals surface area contributed by atoms with E-state index < -0.39 is 0 Å². The average Bonchev–Trinajstić information content (AvgIpc) is 3.15. The molecule has 3 nitrogen and oxygen atoms in total. The molecule has 26 heavy (non-hydrogen) atoms. The van der Waals surface area contributed by atoms with E-state index in [1.54, 1.807) is 31.4 Å². The monoisotopic (exact) mass is 389 g/mol. The topological polar surface area (TPSA) is 29.5 Å². The largest absolute Gasteiger partial charge is 0.496 e. The fourth-order valence-corrected chi connectivity index (χ4v) is 3.52. The first-order chi connectivity index (χ1) is 12.6. The molecule has 136 valence electrons. The van der Waals surface area contributed by atoms with Gasteiger partial charge in [0.25, 0.3) is 0 Å². The maximum Gasteiger partial charge on any atom is 0.185 e. The van der Waals surface area contributed by atoms with Crippen molar-refractivity contribution in [3.05, 3.63) is 69.2 Å². The van der Waals surface area contributed by atoms with Gasteiger partial charge in [0.05, 0.1) is 17.2 Å². The lowest BCUT2D eigenvalue weighted by Crippen LogP contribution is -2.19. The Morgan fingerprint density at radius 3 is 2.69 bits per heavy atom. The van der Waals surface area contributed by atoms with Crippen LogP contribution in [-0.4, -0.2) is 30.9 Å². The standard InChI is InChI=1S/C21H21Cl2NO2/c1-26-20-10-8-16(13-17(20)14-24-11-2-3-12-24)19(25)9-7-15-5-4-6-18(22)21(15)23/h4-10,13H,2-3,11-12,14H2,1H3. The van der Waals surface area contributed by atoms with Crippen molar-refractivity contribution in [2.45, 2.75) is 19.4 Å². The van der Waals surface area contributed by atoms with E-state index in [-0.39, 0.29) is 5.78 Å². The quantitative estimate of drug-likeness (QED) is 0.482. The van der Waals surface area contributed by atoms with Crippen molar-refractivity contribution in [3.8, 4) is 5.75 Å². The molecule has 0 N–H and O–H groups in total. The molecule has 0 unspecified atom stereocenters. The lowest BCUT2D eigenvalue weighted by atomic mass is 10.0. The second kappa shape index (κ2) is 8.72. The molecule has 0 spiro atoms. The first-order valence-electron chi connectivity index (χ1n) is 8.64. The Morgan fingerprint density at radius 1 is 1.19 bits per heavy atom. The zero-order valence-corrected chi connectivity index (χ0v) is 16.2. The van der Waals surface area contributed by atoms with Crippen LogP contribution in [0.5, 0.6) is 5.75 Å². The van der Waals surface area contributed by atoms with Crippen LogP contribution in [0.25, 0.3) is 6.08 Å². The van der Waals surface area contributed by atoms with E-state index >= 15 is 0 Å². The van der Waals surface area contributed by atoms with Gasteiger partial charge < -0.3 is 4.74 Å². The van der Waals surface area contributed by atoms with E-state index in [1.165, 1.54) is 18.9 Å². The van der Waals surface area contributed by atoms with Gasteiger partial charge in [-0.2, -0.15) is 0 Å². The third kappa shape index (κ3) is 4.47. The molecule has 1 aliphatic heterocycles. The summed E-state index contributed by atoms with van der Waals surface area (Å²) in [6.45, 7) is 2.98. The maximum absolute atomic E-state index is 12.6. The Kier molecular flexibility index (Phi) is 6.36. The number of nitrogens with zero attached hydrogens (tertiary/aromatic N) is 1. The van der Waals surface area contributed by atoms with Gasteiger partial charge in [-0.1, -0.05) is 35.3 Å². The Labute approximate surface area is 164 Å². The summed E-state index contributed by atoms with van der Waals surface area (Å²) >= 11 is 12.2. The molecule has 2 aromatic rings. The summed E-state index contributed by atoms with van der Waals surface area (Å²) < 4.78 is 5.46. The van der Waals surface area contributed by atoms with Crippen LogP contribution in [0, 0.1) is 0 Å². The minimum Gasteiger partial charge on any atom is -0.496 e. The molecule has 1 saturated heterocycles. The highest BCUT2D eigenvalue weighted by atomic mass is 35.5. The number of allylic oxidation sites excluding steroid dienone is 1. The Balaban J connectivity index is 1.80. The van der Waals surface area contributed by atoms with Crippen LogP contribution in [-0.2, 0) is 6.54 Å². The summed E-state index contributed by atoms with van der Waals surface area (Å²) in [5, 5.41) is 0.918. The van der Waals surface area contributed by atoms with Crippen molar-refractivity contribution in [2.24, 2.45) is 0 Å². The van der Waals surface area contributed by atoms with Crippen LogP contribution >= 0.6 is 23.2 Å². The van der Waals surface area contributed by atoms with Crippen LogP contribution in [0.1, 0.15) is 34.3 Å². The molecular weight excluding hydrogens is 369 g/mol. The van der Waals surface area contributed by atoms with Gasteiger partial charge in [0.1, 0.15) is 5.75 Å². The SMILES string of the molecule is COc1ccc(C(=O)C=Cc2cccc(Cl)c2Cl)cc1CN1CCCC1. The number of halogens is 2. The van der Waals surface area contributed by atoms with Crippen LogP contribution in [0.4, 0.5) is 0 Å². The van der Waals surface area contributed by atoms with Gasteiger partial charge in [0, 0.05) is 17.7 Å². The van der Waals surface area contributed by atoms with Crippen molar-refractivity contribution in [1.82, 2.24) is 4.90 Å². The predicted octanol–water partition coefficient (Wildman–Crippen LogP) is 5.49. The lowest BCUT2D eigenvalue weighted by molar-refractivity contribution is 0.104. The zero-order chi connectivity index (χ0) is 18.5. The molecule has 0 bridgehead atoms. The smallest absolute Gasteiger partial charge is 0.185 e. The number of ether oxygens (including phenoxy) is 1. The number of benzene rings is 2. The van der Waals surface area contributed by atoms with Crippen molar-refractivity contribution in [3.63, 3.8) is 0 Å². The van der Waals surface area contributed by atoms with E-state index in [2.05, 4.69) is 4.90 Å². The predicted molar refractivity (Wildman–Crippen MR) is 107 cm³/mol.